The van der Waals surface area contributed by atoms with Gasteiger partial charge in [-0.2, -0.15) is 0 Å². The average Bonchev–Trinajstić information content (AvgIpc) is 2.76. The van der Waals surface area contributed by atoms with Crippen LogP contribution in [0.2, 0.25) is 0 Å². The van der Waals surface area contributed by atoms with E-state index in [1.165, 1.54) is 18.6 Å². The number of carbonyl (C=O) groups excluding carboxylic acids is 1. The highest BCUT2D eigenvalue weighted by molar-refractivity contribution is 5.76. The van der Waals surface area contributed by atoms with Crippen LogP contribution >= 0.6 is 0 Å². The molecule has 0 N–H and O–H groups in total. The fourth-order valence-electron chi connectivity index (χ4n) is 4.30. The SMILES string of the molecule is CCCC1CCC(C(=O)Oc2ccc(-c3ccc(OCC)c(F)c3C(F)F)cc2)CC1. The molecule has 6 heteroatoms. The van der Waals surface area contributed by atoms with Crippen molar-refractivity contribution in [2.75, 3.05) is 6.61 Å². The van der Waals surface area contributed by atoms with E-state index in [2.05, 4.69) is 6.92 Å². The zero-order valence-corrected chi connectivity index (χ0v) is 18.0. The van der Waals surface area contributed by atoms with Crippen LogP contribution in [-0.4, -0.2) is 12.6 Å². The Morgan fingerprint density at radius 2 is 1.71 bits per heavy atom. The fraction of sp³-hybridized carbons (Fsp3) is 0.480. The molecule has 0 radical (unpaired) electrons. The van der Waals surface area contributed by atoms with Crippen molar-refractivity contribution in [3.63, 3.8) is 0 Å². The molecule has 0 aromatic heterocycles. The molecule has 1 saturated carbocycles. The Balaban J connectivity index is 1.71. The van der Waals surface area contributed by atoms with Crippen LogP contribution in [0.15, 0.2) is 36.4 Å². The third kappa shape index (κ3) is 5.60. The van der Waals surface area contributed by atoms with Crippen molar-refractivity contribution in [1.29, 1.82) is 0 Å². The first-order valence-electron chi connectivity index (χ1n) is 11.0. The summed E-state index contributed by atoms with van der Waals surface area (Å²) in [4.78, 5) is 12.5. The number of ether oxygens (including phenoxy) is 2. The van der Waals surface area contributed by atoms with Crippen molar-refractivity contribution >= 4 is 5.97 Å². The Kier molecular flexibility index (Phi) is 7.99. The highest BCUT2D eigenvalue weighted by Gasteiger charge is 2.27. The molecule has 0 unspecified atom stereocenters. The lowest BCUT2D eigenvalue weighted by molar-refractivity contribution is -0.140. The lowest BCUT2D eigenvalue weighted by Gasteiger charge is -2.26. The van der Waals surface area contributed by atoms with Crippen LogP contribution in [-0.2, 0) is 4.79 Å². The van der Waals surface area contributed by atoms with E-state index in [1.807, 2.05) is 0 Å². The van der Waals surface area contributed by atoms with Crippen LogP contribution in [0.5, 0.6) is 11.5 Å². The summed E-state index contributed by atoms with van der Waals surface area (Å²) in [5.74, 6) is -0.535. The Bertz CT molecular complexity index is 872. The molecule has 2 aromatic carbocycles. The standard InChI is InChI=1S/C25H29F3O3/c1-3-5-16-6-8-18(9-7-16)25(29)31-19-12-10-17(11-13-19)20-14-15-21(30-4-2)23(26)22(20)24(27)28/h10-16,18,24H,3-9H2,1-2H3. The second-order valence-electron chi connectivity index (χ2n) is 8.02. The average molecular weight is 434 g/mol. The molecule has 31 heavy (non-hydrogen) atoms. The quantitative estimate of drug-likeness (QED) is 0.322. The Morgan fingerprint density at radius 3 is 2.29 bits per heavy atom. The van der Waals surface area contributed by atoms with E-state index in [1.54, 1.807) is 31.2 Å². The zero-order valence-electron chi connectivity index (χ0n) is 18.0. The normalized spacial score (nSPS) is 18.8. The van der Waals surface area contributed by atoms with E-state index >= 15 is 0 Å². The molecule has 0 heterocycles. The molecule has 0 spiro atoms. The molecule has 1 aliphatic carbocycles. The van der Waals surface area contributed by atoms with Crippen LogP contribution in [0.25, 0.3) is 11.1 Å². The second kappa shape index (κ2) is 10.7. The van der Waals surface area contributed by atoms with Crippen LogP contribution < -0.4 is 9.47 Å². The number of hydrogen-bond acceptors (Lipinski definition) is 3. The maximum Gasteiger partial charge on any atom is 0.314 e. The number of halogens is 3. The summed E-state index contributed by atoms with van der Waals surface area (Å²) in [6.45, 7) is 4.02. The predicted molar refractivity (Wildman–Crippen MR) is 114 cm³/mol. The van der Waals surface area contributed by atoms with E-state index in [-0.39, 0.29) is 29.8 Å². The molecule has 0 saturated heterocycles. The molecule has 0 amide bonds. The van der Waals surface area contributed by atoms with Crippen molar-refractivity contribution in [2.45, 2.75) is 58.8 Å². The molecule has 0 atom stereocenters. The van der Waals surface area contributed by atoms with Crippen molar-refractivity contribution in [3.8, 4) is 22.6 Å². The fourth-order valence-corrected chi connectivity index (χ4v) is 4.30. The summed E-state index contributed by atoms with van der Waals surface area (Å²) in [6, 6.07) is 9.00. The zero-order chi connectivity index (χ0) is 22.4. The van der Waals surface area contributed by atoms with Gasteiger partial charge in [-0.3, -0.25) is 4.79 Å². The highest BCUT2D eigenvalue weighted by atomic mass is 19.3. The van der Waals surface area contributed by atoms with Gasteiger partial charge in [0.15, 0.2) is 11.6 Å². The summed E-state index contributed by atoms with van der Waals surface area (Å²) in [7, 11) is 0. The third-order valence-corrected chi connectivity index (χ3v) is 5.92. The van der Waals surface area contributed by atoms with Crippen molar-refractivity contribution in [2.24, 2.45) is 11.8 Å². The first-order chi connectivity index (χ1) is 14.9. The van der Waals surface area contributed by atoms with E-state index in [9.17, 15) is 18.0 Å². The largest absolute Gasteiger partial charge is 0.491 e. The summed E-state index contributed by atoms with van der Waals surface area (Å²) < 4.78 is 52.2. The number of alkyl halides is 2. The number of carbonyl (C=O) groups is 1. The molecule has 1 aliphatic rings. The van der Waals surface area contributed by atoms with Gasteiger partial charge in [0.1, 0.15) is 5.75 Å². The molecular formula is C25H29F3O3. The maximum absolute atomic E-state index is 14.5. The molecule has 0 aliphatic heterocycles. The summed E-state index contributed by atoms with van der Waals surface area (Å²) >= 11 is 0. The maximum atomic E-state index is 14.5. The van der Waals surface area contributed by atoms with E-state index in [0.717, 1.165) is 32.1 Å². The van der Waals surface area contributed by atoms with Crippen molar-refractivity contribution in [3.05, 3.63) is 47.8 Å². The van der Waals surface area contributed by atoms with Crippen LogP contribution in [0.1, 0.15) is 64.4 Å². The van der Waals surface area contributed by atoms with Gasteiger partial charge in [0.25, 0.3) is 6.43 Å². The number of benzene rings is 2. The lowest BCUT2D eigenvalue weighted by Crippen LogP contribution is -2.25. The first-order valence-corrected chi connectivity index (χ1v) is 11.0. The van der Waals surface area contributed by atoms with Gasteiger partial charge in [0, 0.05) is 0 Å². The minimum absolute atomic E-state index is 0.0862. The number of rotatable bonds is 8. The first kappa shape index (κ1) is 23.2. The third-order valence-electron chi connectivity index (χ3n) is 5.92. The minimum atomic E-state index is -2.99. The summed E-state index contributed by atoms with van der Waals surface area (Å²) in [5, 5.41) is 0. The lowest BCUT2D eigenvalue weighted by atomic mass is 9.80. The molecule has 3 nitrogen and oxygen atoms in total. The van der Waals surface area contributed by atoms with Gasteiger partial charge < -0.3 is 9.47 Å². The number of esters is 1. The van der Waals surface area contributed by atoms with Gasteiger partial charge in [0.2, 0.25) is 0 Å². The van der Waals surface area contributed by atoms with Crippen molar-refractivity contribution in [1.82, 2.24) is 0 Å². The highest BCUT2D eigenvalue weighted by Crippen LogP contribution is 2.38. The molecule has 168 valence electrons. The summed E-state index contributed by atoms with van der Waals surface area (Å²) in [6.07, 6.45) is 3.15. The smallest absolute Gasteiger partial charge is 0.314 e. The van der Waals surface area contributed by atoms with E-state index in [4.69, 9.17) is 9.47 Å². The van der Waals surface area contributed by atoms with Gasteiger partial charge in [-0.15, -0.1) is 0 Å². The van der Waals surface area contributed by atoms with Gasteiger partial charge in [-0.25, -0.2) is 13.2 Å². The predicted octanol–water partition coefficient (Wildman–Crippen LogP) is 7.34. The van der Waals surface area contributed by atoms with E-state index < -0.39 is 17.8 Å². The molecule has 2 aromatic rings. The Labute approximate surface area is 181 Å². The molecule has 0 bridgehead atoms. The van der Waals surface area contributed by atoms with E-state index in [0.29, 0.717) is 17.2 Å². The van der Waals surface area contributed by atoms with Crippen LogP contribution in [0.4, 0.5) is 13.2 Å². The number of hydrogen-bond donors (Lipinski definition) is 0. The minimum Gasteiger partial charge on any atom is -0.491 e. The van der Waals surface area contributed by atoms with Gasteiger partial charge >= 0.3 is 5.97 Å². The summed E-state index contributed by atoms with van der Waals surface area (Å²) in [5.41, 5.74) is -0.195. The topological polar surface area (TPSA) is 35.5 Å². The van der Waals surface area contributed by atoms with Crippen molar-refractivity contribution < 1.29 is 27.4 Å². The van der Waals surface area contributed by atoms with Crippen LogP contribution in [0, 0.1) is 17.7 Å². The van der Waals surface area contributed by atoms with Crippen LogP contribution in [0.3, 0.4) is 0 Å². The Morgan fingerprint density at radius 1 is 1.03 bits per heavy atom. The monoisotopic (exact) mass is 434 g/mol. The molecule has 1 fully saturated rings. The van der Waals surface area contributed by atoms with Gasteiger partial charge in [0.05, 0.1) is 18.1 Å². The molecular weight excluding hydrogens is 405 g/mol. The van der Waals surface area contributed by atoms with Gasteiger partial charge in [-0.1, -0.05) is 31.9 Å². The molecule has 3 rings (SSSR count). The second-order valence-corrected chi connectivity index (χ2v) is 8.02. The van der Waals surface area contributed by atoms with Gasteiger partial charge in [-0.05, 0) is 73.9 Å². The Hall–Kier alpha value is -2.50.